The highest BCUT2D eigenvalue weighted by molar-refractivity contribution is 7.89. The van der Waals surface area contributed by atoms with Gasteiger partial charge in [0.15, 0.2) is 0 Å². The molecule has 0 atom stereocenters. The first-order chi connectivity index (χ1) is 12.4. The van der Waals surface area contributed by atoms with Gasteiger partial charge in [0.2, 0.25) is 15.9 Å². The summed E-state index contributed by atoms with van der Waals surface area (Å²) in [7, 11) is -1.90. The number of rotatable bonds is 8. The number of hydrogen-bond acceptors (Lipinski definition) is 5. The summed E-state index contributed by atoms with van der Waals surface area (Å²) >= 11 is 0. The molecule has 1 fully saturated rings. The Morgan fingerprint density at radius 1 is 1.15 bits per heavy atom. The van der Waals surface area contributed by atoms with Crippen LogP contribution in [0.2, 0.25) is 0 Å². The fourth-order valence-corrected chi connectivity index (χ4v) is 4.26. The van der Waals surface area contributed by atoms with Gasteiger partial charge in [0, 0.05) is 39.8 Å². The molecule has 1 heterocycles. The first kappa shape index (κ1) is 20.8. The maximum Gasteiger partial charge on any atom is 0.243 e. The number of sulfonamides is 1. The standard InChI is InChI=1S/C18H29N3O4S/c1-15(2)16-4-6-17(7-5-16)26(23,24)21-11-9-20(10-12-21)18(22)14-19-8-13-25-3/h4-7,15,19H,8-14H2,1-3H3. The fourth-order valence-electron chi connectivity index (χ4n) is 2.83. The minimum atomic E-state index is -3.51. The van der Waals surface area contributed by atoms with Crippen LogP contribution in [0.15, 0.2) is 29.2 Å². The van der Waals surface area contributed by atoms with Crippen molar-refractivity contribution in [3.63, 3.8) is 0 Å². The monoisotopic (exact) mass is 383 g/mol. The summed E-state index contributed by atoms with van der Waals surface area (Å²) < 4.78 is 32.0. The van der Waals surface area contributed by atoms with Crippen molar-refractivity contribution in [2.24, 2.45) is 0 Å². The molecule has 146 valence electrons. The van der Waals surface area contributed by atoms with Crippen LogP contribution >= 0.6 is 0 Å². The van der Waals surface area contributed by atoms with Gasteiger partial charge in [0.25, 0.3) is 0 Å². The average Bonchev–Trinajstić information content (AvgIpc) is 2.65. The number of benzene rings is 1. The molecule has 26 heavy (non-hydrogen) atoms. The van der Waals surface area contributed by atoms with E-state index in [9.17, 15) is 13.2 Å². The molecule has 0 bridgehead atoms. The van der Waals surface area contributed by atoms with Crippen molar-refractivity contribution < 1.29 is 17.9 Å². The lowest BCUT2D eigenvalue weighted by atomic mass is 10.0. The van der Waals surface area contributed by atoms with E-state index in [0.29, 0.717) is 50.1 Å². The summed E-state index contributed by atoms with van der Waals surface area (Å²) in [5.41, 5.74) is 1.11. The summed E-state index contributed by atoms with van der Waals surface area (Å²) in [5.74, 6) is 0.346. The third kappa shape index (κ3) is 5.26. The van der Waals surface area contributed by atoms with Crippen molar-refractivity contribution in [2.75, 3.05) is 53.0 Å². The highest BCUT2D eigenvalue weighted by Gasteiger charge is 2.29. The molecule has 1 amide bonds. The molecular formula is C18H29N3O4S. The smallest absolute Gasteiger partial charge is 0.243 e. The quantitative estimate of drug-likeness (QED) is 0.674. The molecule has 1 N–H and O–H groups in total. The molecule has 0 aliphatic carbocycles. The van der Waals surface area contributed by atoms with Gasteiger partial charge in [-0.1, -0.05) is 26.0 Å². The van der Waals surface area contributed by atoms with Crippen molar-refractivity contribution in [3.05, 3.63) is 29.8 Å². The second kappa shape index (κ2) is 9.45. The zero-order chi connectivity index (χ0) is 19.2. The van der Waals surface area contributed by atoms with Crippen molar-refractivity contribution in [3.8, 4) is 0 Å². The summed E-state index contributed by atoms with van der Waals surface area (Å²) in [5, 5.41) is 3.02. The number of hydrogen-bond donors (Lipinski definition) is 1. The molecule has 2 rings (SSSR count). The lowest BCUT2D eigenvalue weighted by molar-refractivity contribution is -0.131. The fraction of sp³-hybridized carbons (Fsp3) is 0.611. The van der Waals surface area contributed by atoms with Crippen LogP contribution in [0, 0.1) is 0 Å². The first-order valence-corrected chi connectivity index (χ1v) is 10.4. The van der Waals surface area contributed by atoms with Gasteiger partial charge in [-0.15, -0.1) is 0 Å². The van der Waals surface area contributed by atoms with Gasteiger partial charge in [0.05, 0.1) is 18.0 Å². The topological polar surface area (TPSA) is 79.0 Å². The maximum atomic E-state index is 12.8. The van der Waals surface area contributed by atoms with Gasteiger partial charge in [-0.25, -0.2) is 8.42 Å². The van der Waals surface area contributed by atoms with E-state index < -0.39 is 10.0 Å². The third-order valence-corrected chi connectivity index (χ3v) is 6.45. The van der Waals surface area contributed by atoms with Crippen molar-refractivity contribution in [1.29, 1.82) is 0 Å². The molecule has 1 aliphatic heterocycles. The predicted octanol–water partition coefficient (Wildman–Crippen LogP) is 0.879. The zero-order valence-corrected chi connectivity index (χ0v) is 16.6. The predicted molar refractivity (Wildman–Crippen MR) is 101 cm³/mol. The van der Waals surface area contributed by atoms with Crippen LogP contribution in [0.3, 0.4) is 0 Å². The molecule has 1 aliphatic rings. The number of carbonyl (C=O) groups is 1. The second-order valence-corrected chi connectivity index (χ2v) is 8.62. The molecule has 0 aromatic heterocycles. The number of amides is 1. The van der Waals surface area contributed by atoms with E-state index in [1.165, 1.54) is 4.31 Å². The molecule has 0 radical (unpaired) electrons. The van der Waals surface area contributed by atoms with E-state index in [2.05, 4.69) is 19.2 Å². The molecule has 1 saturated heterocycles. The number of piperazine rings is 1. The van der Waals surface area contributed by atoms with Crippen LogP contribution < -0.4 is 5.32 Å². The van der Waals surface area contributed by atoms with Crippen molar-refractivity contribution >= 4 is 15.9 Å². The minimum Gasteiger partial charge on any atom is -0.383 e. The summed E-state index contributed by atoms with van der Waals surface area (Å²) in [6.45, 7) is 7.01. The van der Waals surface area contributed by atoms with Crippen molar-refractivity contribution in [1.82, 2.24) is 14.5 Å². The van der Waals surface area contributed by atoms with Crippen LogP contribution in [-0.4, -0.2) is 76.5 Å². The molecule has 1 aromatic carbocycles. The van der Waals surface area contributed by atoms with Gasteiger partial charge >= 0.3 is 0 Å². The Morgan fingerprint density at radius 2 is 1.77 bits per heavy atom. The van der Waals surface area contributed by atoms with Crippen LogP contribution in [0.4, 0.5) is 0 Å². The Morgan fingerprint density at radius 3 is 2.31 bits per heavy atom. The van der Waals surface area contributed by atoms with E-state index in [1.807, 2.05) is 12.1 Å². The highest BCUT2D eigenvalue weighted by atomic mass is 32.2. The molecular weight excluding hydrogens is 354 g/mol. The number of nitrogens with zero attached hydrogens (tertiary/aromatic N) is 2. The Balaban J connectivity index is 1.90. The van der Waals surface area contributed by atoms with Crippen molar-refractivity contribution in [2.45, 2.75) is 24.7 Å². The van der Waals surface area contributed by atoms with E-state index in [4.69, 9.17) is 4.74 Å². The summed E-state index contributed by atoms with van der Waals surface area (Å²) in [6, 6.07) is 7.07. The van der Waals surface area contributed by atoms with Gasteiger partial charge in [-0.3, -0.25) is 4.79 Å². The van der Waals surface area contributed by atoms with Crippen LogP contribution in [0.1, 0.15) is 25.3 Å². The lowest BCUT2D eigenvalue weighted by Gasteiger charge is -2.34. The molecule has 8 heteroatoms. The normalized spacial score (nSPS) is 16.2. The summed E-state index contributed by atoms with van der Waals surface area (Å²) in [6.07, 6.45) is 0. The number of nitrogens with one attached hydrogen (secondary N) is 1. The van der Waals surface area contributed by atoms with Gasteiger partial charge in [0.1, 0.15) is 0 Å². The lowest BCUT2D eigenvalue weighted by Crippen LogP contribution is -2.52. The average molecular weight is 384 g/mol. The molecule has 7 nitrogen and oxygen atoms in total. The number of ether oxygens (including phenoxy) is 1. The Hall–Kier alpha value is -1.48. The van der Waals surface area contributed by atoms with E-state index in [0.717, 1.165) is 5.56 Å². The summed E-state index contributed by atoms with van der Waals surface area (Å²) in [4.78, 5) is 14.2. The SMILES string of the molecule is COCCNCC(=O)N1CCN(S(=O)(=O)c2ccc(C(C)C)cc2)CC1. The van der Waals surface area contributed by atoms with E-state index in [1.54, 1.807) is 24.1 Å². The number of carbonyl (C=O) groups excluding carboxylic acids is 1. The van der Waals surface area contributed by atoms with Gasteiger partial charge in [-0.05, 0) is 23.6 Å². The van der Waals surface area contributed by atoms with Gasteiger partial charge < -0.3 is 15.0 Å². The Kier molecular flexibility index (Phi) is 7.57. The highest BCUT2D eigenvalue weighted by Crippen LogP contribution is 2.21. The van der Waals surface area contributed by atoms with E-state index >= 15 is 0 Å². The number of methoxy groups -OCH3 is 1. The largest absolute Gasteiger partial charge is 0.383 e. The molecule has 0 saturated carbocycles. The first-order valence-electron chi connectivity index (χ1n) is 8.94. The molecule has 0 unspecified atom stereocenters. The van der Waals surface area contributed by atoms with E-state index in [-0.39, 0.29) is 12.5 Å². The minimum absolute atomic E-state index is 0.0144. The zero-order valence-electron chi connectivity index (χ0n) is 15.8. The Bertz CT molecular complexity index is 681. The maximum absolute atomic E-state index is 12.8. The Labute approximate surface area is 156 Å². The second-order valence-electron chi connectivity index (χ2n) is 6.68. The van der Waals surface area contributed by atoms with Crippen LogP contribution in [-0.2, 0) is 19.6 Å². The molecule has 0 spiro atoms. The van der Waals surface area contributed by atoms with Crippen LogP contribution in [0.25, 0.3) is 0 Å². The van der Waals surface area contributed by atoms with Gasteiger partial charge in [-0.2, -0.15) is 4.31 Å². The third-order valence-electron chi connectivity index (χ3n) is 4.54. The van der Waals surface area contributed by atoms with Crippen LogP contribution in [0.5, 0.6) is 0 Å². The molecule has 1 aromatic rings.